The Bertz CT molecular complexity index is 455. The first kappa shape index (κ1) is 14.3. The molecule has 0 aliphatic carbocycles. The van der Waals surface area contributed by atoms with Gasteiger partial charge in [0.2, 0.25) is 0 Å². The Labute approximate surface area is 105 Å². The van der Waals surface area contributed by atoms with Gasteiger partial charge in [0.05, 0.1) is 5.56 Å². The molecule has 0 amide bonds. The number of hydrogen-bond donors (Lipinski definition) is 0. The molecule has 0 saturated heterocycles. The Kier molecular flexibility index (Phi) is 4.95. The maximum absolute atomic E-state index is 12.3. The predicted molar refractivity (Wildman–Crippen MR) is 68.2 cm³/mol. The molecule has 0 aliphatic heterocycles. The largest absolute Gasteiger partial charge is 0.416 e. The first-order chi connectivity index (χ1) is 8.57. The molecule has 0 radical (unpaired) electrons. The van der Waals surface area contributed by atoms with Crippen molar-refractivity contribution in [2.24, 2.45) is 0 Å². The van der Waals surface area contributed by atoms with Crippen molar-refractivity contribution in [3.8, 4) is 11.1 Å². The van der Waals surface area contributed by atoms with Crippen LogP contribution in [0.3, 0.4) is 0 Å². The van der Waals surface area contributed by atoms with E-state index in [4.69, 9.17) is 0 Å². The van der Waals surface area contributed by atoms with Crippen LogP contribution >= 0.6 is 0 Å². The van der Waals surface area contributed by atoms with Gasteiger partial charge >= 0.3 is 6.18 Å². The monoisotopic (exact) mass is 252 g/mol. The van der Waals surface area contributed by atoms with Crippen LogP contribution in [-0.4, -0.2) is 0 Å². The van der Waals surface area contributed by atoms with E-state index in [-0.39, 0.29) is 0 Å². The molecular formula is C15H15F3. The zero-order valence-electron chi connectivity index (χ0n) is 10.3. The lowest BCUT2D eigenvalue weighted by Gasteiger charge is -2.07. The maximum atomic E-state index is 12.3. The molecule has 0 nitrogen and oxygen atoms in total. The van der Waals surface area contributed by atoms with Crippen LogP contribution in [0.2, 0.25) is 0 Å². The number of benzene rings is 2. The quantitative estimate of drug-likeness (QED) is 0.637. The van der Waals surface area contributed by atoms with Gasteiger partial charge in [0, 0.05) is 0 Å². The van der Waals surface area contributed by atoms with Gasteiger partial charge in [-0.2, -0.15) is 13.2 Å². The summed E-state index contributed by atoms with van der Waals surface area (Å²) in [6.07, 6.45) is -4.27. The summed E-state index contributed by atoms with van der Waals surface area (Å²) in [7, 11) is 0. The van der Waals surface area contributed by atoms with E-state index < -0.39 is 11.7 Å². The van der Waals surface area contributed by atoms with E-state index >= 15 is 0 Å². The summed E-state index contributed by atoms with van der Waals surface area (Å²) in [5.41, 5.74) is 1.08. The van der Waals surface area contributed by atoms with Gasteiger partial charge in [-0.15, -0.1) is 0 Å². The Balaban J connectivity index is 0.000000771. The van der Waals surface area contributed by atoms with E-state index in [0.717, 1.165) is 23.3 Å². The number of alkyl halides is 3. The Morgan fingerprint density at radius 3 is 1.56 bits per heavy atom. The minimum absolute atomic E-state index is 0.618. The molecular weight excluding hydrogens is 237 g/mol. The lowest BCUT2D eigenvalue weighted by atomic mass is 10.0. The zero-order valence-corrected chi connectivity index (χ0v) is 10.3. The van der Waals surface area contributed by atoms with E-state index in [9.17, 15) is 13.2 Å². The Morgan fingerprint density at radius 2 is 1.11 bits per heavy atom. The van der Waals surface area contributed by atoms with E-state index in [1.54, 1.807) is 0 Å². The van der Waals surface area contributed by atoms with Crippen molar-refractivity contribution in [1.82, 2.24) is 0 Å². The Hall–Kier alpha value is -1.77. The van der Waals surface area contributed by atoms with Gasteiger partial charge in [-0.3, -0.25) is 0 Å². The van der Waals surface area contributed by atoms with Crippen LogP contribution in [0.1, 0.15) is 19.4 Å². The lowest BCUT2D eigenvalue weighted by molar-refractivity contribution is -0.137. The molecule has 96 valence electrons. The second-order valence-corrected chi connectivity index (χ2v) is 3.44. The molecule has 0 aromatic heterocycles. The summed E-state index contributed by atoms with van der Waals surface area (Å²) in [6, 6.07) is 14.5. The predicted octanol–water partition coefficient (Wildman–Crippen LogP) is 5.40. The second-order valence-electron chi connectivity index (χ2n) is 3.44. The van der Waals surface area contributed by atoms with E-state index in [1.165, 1.54) is 12.1 Å². The van der Waals surface area contributed by atoms with Crippen LogP contribution in [0.15, 0.2) is 54.6 Å². The Morgan fingerprint density at radius 1 is 0.667 bits per heavy atom. The van der Waals surface area contributed by atoms with Gasteiger partial charge in [0.1, 0.15) is 0 Å². The highest BCUT2D eigenvalue weighted by Crippen LogP contribution is 2.30. The fraction of sp³-hybridized carbons (Fsp3) is 0.200. The molecule has 0 N–H and O–H groups in total. The normalized spacial score (nSPS) is 10.5. The van der Waals surface area contributed by atoms with Gasteiger partial charge in [-0.1, -0.05) is 56.3 Å². The summed E-state index contributed by atoms with van der Waals surface area (Å²) in [4.78, 5) is 0. The third-order valence-electron chi connectivity index (χ3n) is 2.32. The SMILES string of the molecule is CC.FC(F)(F)c1ccc(-c2ccccc2)cc1. The molecule has 3 heteroatoms. The van der Waals surface area contributed by atoms with Gasteiger partial charge in [-0.25, -0.2) is 0 Å². The first-order valence-electron chi connectivity index (χ1n) is 5.80. The molecule has 2 aromatic rings. The van der Waals surface area contributed by atoms with Crippen molar-refractivity contribution >= 4 is 0 Å². The topological polar surface area (TPSA) is 0 Å². The van der Waals surface area contributed by atoms with Crippen molar-refractivity contribution in [2.75, 3.05) is 0 Å². The smallest absolute Gasteiger partial charge is 0.166 e. The van der Waals surface area contributed by atoms with E-state index in [1.807, 2.05) is 44.2 Å². The van der Waals surface area contributed by atoms with Crippen molar-refractivity contribution in [3.05, 3.63) is 60.2 Å². The number of hydrogen-bond acceptors (Lipinski definition) is 0. The number of halogens is 3. The number of rotatable bonds is 1. The minimum Gasteiger partial charge on any atom is -0.166 e. The second kappa shape index (κ2) is 6.24. The molecule has 0 saturated carbocycles. The highest BCUT2D eigenvalue weighted by Gasteiger charge is 2.29. The van der Waals surface area contributed by atoms with Crippen LogP contribution in [-0.2, 0) is 6.18 Å². The highest BCUT2D eigenvalue weighted by atomic mass is 19.4. The summed E-state index contributed by atoms with van der Waals surface area (Å²) in [6.45, 7) is 4.00. The molecule has 0 unspecified atom stereocenters. The standard InChI is InChI=1S/C13H9F3.C2H6/c14-13(15,16)12-8-6-11(7-9-12)10-4-2-1-3-5-10;1-2/h1-9H;1-2H3. The van der Waals surface area contributed by atoms with E-state index in [2.05, 4.69) is 0 Å². The van der Waals surface area contributed by atoms with Crippen LogP contribution in [0.25, 0.3) is 11.1 Å². The maximum Gasteiger partial charge on any atom is 0.416 e. The average Bonchev–Trinajstić information content (AvgIpc) is 2.41. The molecule has 0 fully saturated rings. The molecule has 0 atom stereocenters. The van der Waals surface area contributed by atoms with Crippen molar-refractivity contribution in [2.45, 2.75) is 20.0 Å². The van der Waals surface area contributed by atoms with Crippen LogP contribution in [0.5, 0.6) is 0 Å². The fourth-order valence-electron chi connectivity index (χ4n) is 1.48. The first-order valence-corrected chi connectivity index (χ1v) is 5.80. The van der Waals surface area contributed by atoms with Crippen molar-refractivity contribution in [3.63, 3.8) is 0 Å². The molecule has 0 spiro atoms. The van der Waals surface area contributed by atoms with Gasteiger partial charge < -0.3 is 0 Å². The molecule has 0 heterocycles. The third-order valence-corrected chi connectivity index (χ3v) is 2.32. The van der Waals surface area contributed by atoms with Gasteiger partial charge in [-0.05, 0) is 23.3 Å². The van der Waals surface area contributed by atoms with Crippen molar-refractivity contribution in [1.29, 1.82) is 0 Å². The zero-order chi connectivity index (χ0) is 13.6. The van der Waals surface area contributed by atoms with Crippen LogP contribution in [0.4, 0.5) is 13.2 Å². The fourth-order valence-corrected chi connectivity index (χ4v) is 1.48. The minimum atomic E-state index is -4.27. The third kappa shape index (κ3) is 3.62. The highest BCUT2D eigenvalue weighted by molar-refractivity contribution is 5.63. The summed E-state index contributed by atoms with van der Waals surface area (Å²) in [5.74, 6) is 0. The van der Waals surface area contributed by atoms with Crippen molar-refractivity contribution < 1.29 is 13.2 Å². The summed E-state index contributed by atoms with van der Waals surface area (Å²) in [5, 5.41) is 0. The molecule has 18 heavy (non-hydrogen) atoms. The average molecular weight is 252 g/mol. The van der Waals surface area contributed by atoms with Gasteiger partial charge in [0.15, 0.2) is 0 Å². The molecule has 2 rings (SSSR count). The lowest BCUT2D eigenvalue weighted by Crippen LogP contribution is -2.03. The van der Waals surface area contributed by atoms with E-state index in [0.29, 0.717) is 0 Å². The molecule has 2 aromatic carbocycles. The summed E-state index contributed by atoms with van der Waals surface area (Å²) >= 11 is 0. The van der Waals surface area contributed by atoms with Gasteiger partial charge in [0.25, 0.3) is 0 Å². The molecule has 0 aliphatic rings. The van der Waals surface area contributed by atoms with Crippen LogP contribution in [0, 0.1) is 0 Å². The van der Waals surface area contributed by atoms with Crippen LogP contribution < -0.4 is 0 Å². The molecule has 0 bridgehead atoms. The summed E-state index contributed by atoms with van der Waals surface area (Å²) < 4.78 is 37.0.